The molecule has 1 aliphatic carbocycles. The number of carbonyl (C=O) groups excluding carboxylic acids is 2. The van der Waals surface area contributed by atoms with Gasteiger partial charge in [-0.25, -0.2) is 0 Å². The van der Waals surface area contributed by atoms with E-state index in [0.717, 1.165) is 12.1 Å². The first-order valence-corrected chi connectivity index (χ1v) is 8.34. The van der Waals surface area contributed by atoms with E-state index in [1.807, 2.05) is 0 Å². The van der Waals surface area contributed by atoms with Gasteiger partial charge in [-0.3, -0.25) is 9.59 Å². The second-order valence-corrected chi connectivity index (χ2v) is 6.62. The molecule has 1 aromatic rings. The largest absolute Gasteiger partial charge is 0.486 e. The van der Waals surface area contributed by atoms with Crippen LogP contribution in [-0.2, 0) is 15.7 Å². The second-order valence-electron chi connectivity index (χ2n) is 6.62. The van der Waals surface area contributed by atoms with E-state index >= 15 is 0 Å². The maximum absolute atomic E-state index is 12.9. The standard InChI is InChI=1S/C18H19F3O4/c1-2-24-16(23)11-5-7-17(8-6-11)10-14(22)13-4-3-12(18(19,20)21)9-15(13)25-17/h3-4,9,11H,2,5-8,10H2,1H3. The zero-order chi connectivity index (χ0) is 18.2. The van der Waals surface area contributed by atoms with Gasteiger partial charge in [0, 0.05) is 0 Å². The zero-order valence-electron chi connectivity index (χ0n) is 13.8. The van der Waals surface area contributed by atoms with Gasteiger partial charge in [0.1, 0.15) is 11.4 Å². The summed E-state index contributed by atoms with van der Waals surface area (Å²) in [7, 11) is 0. The van der Waals surface area contributed by atoms with Crippen molar-refractivity contribution in [3.8, 4) is 5.75 Å². The molecule has 0 unspecified atom stereocenters. The van der Waals surface area contributed by atoms with Crippen molar-refractivity contribution in [1.29, 1.82) is 0 Å². The predicted octanol–water partition coefficient (Wildman–Crippen LogP) is 4.16. The fourth-order valence-electron chi connectivity index (χ4n) is 3.59. The van der Waals surface area contributed by atoms with Gasteiger partial charge in [-0.2, -0.15) is 13.2 Å². The summed E-state index contributed by atoms with van der Waals surface area (Å²) >= 11 is 0. The van der Waals surface area contributed by atoms with Crippen LogP contribution in [0.15, 0.2) is 18.2 Å². The first kappa shape index (κ1) is 17.8. The van der Waals surface area contributed by atoms with Crippen molar-refractivity contribution in [3.05, 3.63) is 29.3 Å². The smallest absolute Gasteiger partial charge is 0.416 e. The Morgan fingerprint density at radius 2 is 2.00 bits per heavy atom. The van der Waals surface area contributed by atoms with E-state index in [2.05, 4.69) is 0 Å². The lowest BCUT2D eigenvalue weighted by Gasteiger charge is -2.42. The molecule has 2 aliphatic rings. The average Bonchev–Trinajstić information content (AvgIpc) is 2.54. The monoisotopic (exact) mass is 356 g/mol. The Kier molecular flexibility index (Phi) is 4.51. The number of hydrogen-bond donors (Lipinski definition) is 0. The van der Waals surface area contributed by atoms with Crippen molar-refractivity contribution < 1.29 is 32.2 Å². The number of carbonyl (C=O) groups is 2. The van der Waals surface area contributed by atoms with Crippen molar-refractivity contribution in [2.45, 2.75) is 50.8 Å². The number of ketones is 1. The summed E-state index contributed by atoms with van der Waals surface area (Å²) in [6.45, 7) is 2.04. The lowest BCUT2D eigenvalue weighted by Crippen LogP contribution is -2.46. The van der Waals surface area contributed by atoms with Gasteiger partial charge in [0.15, 0.2) is 5.78 Å². The van der Waals surface area contributed by atoms with Crippen LogP contribution in [0.2, 0.25) is 0 Å². The van der Waals surface area contributed by atoms with Crippen molar-refractivity contribution in [3.63, 3.8) is 0 Å². The van der Waals surface area contributed by atoms with Gasteiger partial charge in [0.05, 0.1) is 30.1 Å². The predicted molar refractivity (Wildman–Crippen MR) is 82.3 cm³/mol. The van der Waals surface area contributed by atoms with Crippen LogP contribution in [0.25, 0.3) is 0 Å². The molecule has 0 atom stereocenters. The first-order chi connectivity index (χ1) is 11.7. The molecule has 0 radical (unpaired) electrons. The summed E-state index contributed by atoms with van der Waals surface area (Å²) in [6.07, 6.45) is -2.48. The molecule has 1 aromatic carbocycles. The second kappa shape index (κ2) is 6.35. The van der Waals surface area contributed by atoms with Gasteiger partial charge < -0.3 is 9.47 Å². The van der Waals surface area contributed by atoms with E-state index in [4.69, 9.17) is 9.47 Å². The molecule has 0 aromatic heterocycles. The fraction of sp³-hybridized carbons (Fsp3) is 0.556. The van der Waals surface area contributed by atoms with Crippen LogP contribution in [0.1, 0.15) is 54.9 Å². The molecule has 136 valence electrons. The van der Waals surface area contributed by atoms with Gasteiger partial charge in [-0.1, -0.05) is 0 Å². The van der Waals surface area contributed by atoms with Gasteiger partial charge in [0.25, 0.3) is 0 Å². The number of hydrogen-bond acceptors (Lipinski definition) is 4. The van der Waals surface area contributed by atoms with Gasteiger partial charge in [0.2, 0.25) is 0 Å². The number of Topliss-reactive ketones (excluding diaryl/α,β-unsaturated/α-hetero) is 1. The number of halogens is 3. The highest BCUT2D eigenvalue weighted by Gasteiger charge is 2.45. The molecule has 0 bridgehead atoms. The number of ether oxygens (including phenoxy) is 2. The molecule has 1 spiro atoms. The maximum atomic E-state index is 12.9. The highest BCUT2D eigenvalue weighted by Crippen LogP contribution is 2.45. The Bertz CT molecular complexity index is 688. The zero-order valence-corrected chi connectivity index (χ0v) is 13.8. The molecular weight excluding hydrogens is 337 g/mol. The number of benzene rings is 1. The van der Waals surface area contributed by atoms with Crippen LogP contribution in [-0.4, -0.2) is 24.0 Å². The van der Waals surface area contributed by atoms with Crippen molar-refractivity contribution >= 4 is 11.8 Å². The molecule has 4 nitrogen and oxygen atoms in total. The Morgan fingerprint density at radius 3 is 2.60 bits per heavy atom. The van der Waals surface area contributed by atoms with E-state index in [1.54, 1.807) is 6.92 Å². The number of alkyl halides is 3. The minimum Gasteiger partial charge on any atom is -0.486 e. The van der Waals surface area contributed by atoms with E-state index < -0.39 is 17.3 Å². The van der Waals surface area contributed by atoms with Crippen molar-refractivity contribution in [1.82, 2.24) is 0 Å². The summed E-state index contributed by atoms with van der Waals surface area (Å²) in [5, 5.41) is 0. The topological polar surface area (TPSA) is 52.6 Å². The normalized spacial score (nSPS) is 26.1. The molecule has 1 fully saturated rings. The average molecular weight is 356 g/mol. The quantitative estimate of drug-likeness (QED) is 0.747. The van der Waals surface area contributed by atoms with Crippen LogP contribution >= 0.6 is 0 Å². The molecule has 1 heterocycles. The van der Waals surface area contributed by atoms with E-state index in [1.165, 1.54) is 6.07 Å². The highest BCUT2D eigenvalue weighted by atomic mass is 19.4. The Labute approximate surface area is 143 Å². The van der Waals surface area contributed by atoms with Crippen LogP contribution in [0.4, 0.5) is 13.2 Å². The van der Waals surface area contributed by atoms with Gasteiger partial charge in [-0.05, 0) is 50.8 Å². The Morgan fingerprint density at radius 1 is 1.32 bits per heavy atom. The molecule has 1 aliphatic heterocycles. The Balaban J connectivity index is 1.79. The number of esters is 1. The maximum Gasteiger partial charge on any atom is 0.416 e. The van der Waals surface area contributed by atoms with Crippen molar-refractivity contribution in [2.24, 2.45) is 5.92 Å². The lowest BCUT2D eigenvalue weighted by atomic mass is 9.74. The SMILES string of the molecule is CCOC(=O)C1CCC2(CC1)CC(=O)c1ccc(C(F)(F)F)cc1O2. The molecule has 0 saturated heterocycles. The lowest BCUT2D eigenvalue weighted by molar-refractivity contribution is -0.150. The third kappa shape index (κ3) is 3.50. The molecule has 0 N–H and O–H groups in total. The van der Waals surface area contributed by atoms with Crippen LogP contribution < -0.4 is 4.74 Å². The summed E-state index contributed by atoms with van der Waals surface area (Å²) in [6, 6.07) is 2.97. The molecule has 25 heavy (non-hydrogen) atoms. The number of fused-ring (bicyclic) bond motifs is 1. The summed E-state index contributed by atoms with van der Waals surface area (Å²) in [5.74, 6) is -0.739. The summed E-state index contributed by atoms with van der Waals surface area (Å²) < 4.78 is 49.6. The third-order valence-electron chi connectivity index (χ3n) is 4.94. The molecule has 1 saturated carbocycles. The van der Waals surface area contributed by atoms with Crippen LogP contribution in [0.3, 0.4) is 0 Å². The first-order valence-electron chi connectivity index (χ1n) is 8.34. The van der Waals surface area contributed by atoms with Crippen LogP contribution in [0.5, 0.6) is 5.75 Å². The fourth-order valence-corrected chi connectivity index (χ4v) is 3.59. The highest BCUT2D eigenvalue weighted by molar-refractivity contribution is 6.00. The van der Waals surface area contributed by atoms with E-state index in [9.17, 15) is 22.8 Å². The minimum atomic E-state index is -4.49. The number of rotatable bonds is 2. The molecule has 0 amide bonds. The minimum absolute atomic E-state index is 0.0133. The summed E-state index contributed by atoms with van der Waals surface area (Å²) in [5.41, 5.74) is -1.47. The van der Waals surface area contributed by atoms with Crippen LogP contribution in [0, 0.1) is 5.92 Å². The van der Waals surface area contributed by atoms with E-state index in [-0.39, 0.29) is 35.4 Å². The van der Waals surface area contributed by atoms with Crippen molar-refractivity contribution in [2.75, 3.05) is 6.61 Å². The third-order valence-corrected chi connectivity index (χ3v) is 4.94. The van der Waals surface area contributed by atoms with E-state index in [0.29, 0.717) is 32.3 Å². The Hall–Kier alpha value is -2.05. The summed E-state index contributed by atoms with van der Waals surface area (Å²) in [4.78, 5) is 24.2. The van der Waals surface area contributed by atoms with Gasteiger partial charge >= 0.3 is 12.1 Å². The molecule has 7 heteroatoms. The van der Waals surface area contributed by atoms with Gasteiger partial charge in [-0.15, -0.1) is 0 Å². The molecule has 3 rings (SSSR count). The molecular formula is C18H19F3O4.